The van der Waals surface area contributed by atoms with Gasteiger partial charge in [-0.1, -0.05) is 30.1 Å². The maximum absolute atomic E-state index is 6.05. The van der Waals surface area contributed by atoms with E-state index in [-0.39, 0.29) is 0 Å². The summed E-state index contributed by atoms with van der Waals surface area (Å²) in [7, 11) is 1.63. The van der Waals surface area contributed by atoms with Crippen molar-refractivity contribution in [3.63, 3.8) is 0 Å². The van der Waals surface area contributed by atoms with Gasteiger partial charge in [0, 0.05) is 5.02 Å². The zero-order valence-corrected chi connectivity index (χ0v) is 11.2. The van der Waals surface area contributed by atoms with Crippen molar-refractivity contribution in [1.29, 1.82) is 0 Å². The van der Waals surface area contributed by atoms with Crippen molar-refractivity contribution in [3.8, 4) is 5.75 Å². The van der Waals surface area contributed by atoms with Gasteiger partial charge in [-0.15, -0.1) is 0 Å². The SMILES string of the molecule is CCNCCCc1cc(Cl)cc(Cl)c1OC. The van der Waals surface area contributed by atoms with Gasteiger partial charge in [0.25, 0.3) is 0 Å². The van der Waals surface area contributed by atoms with Gasteiger partial charge in [0.2, 0.25) is 0 Å². The van der Waals surface area contributed by atoms with Crippen LogP contribution in [0.5, 0.6) is 5.75 Å². The maximum atomic E-state index is 6.05. The molecule has 0 aliphatic heterocycles. The van der Waals surface area contributed by atoms with E-state index < -0.39 is 0 Å². The van der Waals surface area contributed by atoms with Crippen LogP contribution in [-0.2, 0) is 6.42 Å². The van der Waals surface area contributed by atoms with E-state index in [2.05, 4.69) is 12.2 Å². The normalized spacial score (nSPS) is 10.5. The van der Waals surface area contributed by atoms with Crippen LogP contribution < -0.4 is 10.1 Å². The molecule has 0 saturated carbocycles. The predicted octanol–water partition coefficient (Wildman–Crippen LogP) is 3.54. The van der Waals surface area contributed by atoms with E-state index in [0.717, 1.165) is 37.2 Å². The fourth-order valence-corrected chi connectivity index (χ4v) is 2.22. The number of halogens is 2. The van der Waals surface area contributed by atoms with Crippen molar-refractivity contribution in [2.75, 3.05) is 20.2 Å². The van der Waals surface area contributed by atoms with Crippen molar-refractivity contribution in [3.05, 3.63) is 27.7 Å². The second-order valence-corrected chi connectivity index (χ2v) is 4.38. The lowest BCUT2D eigenvalue weighted by Crippen LogP contribution is -2.14. The minimum Gasteiger partial charge on any atom is -0.495 e. The van der Waals surface area contributed by atoms with Gasteiger partial charge < -0.3 is 10.1 Å². The van der Waals surface area contributed by atoms with Gasteiger partial charge >= 0.3 is 0 Å². The van der Waals surface area contributed by atoms with Crippen LogP contribution in [0, 0.1) is 0 Å². The molecule has 1 aromatic carbocycles. The largest absolute Gasteiger partial charge is 0.495 e. The number of methoxy groups -OCH3 is 1. The highest BCUT2D eigenvalue weighted by Gasteiger charge is 2.09. The van der Waals surface area contributed by atoms with Crippen molar-refractivity contribution >= 4 is 23.2 Å². The molecule has 0 aromatic heterocycles. The first-order valence-electron chi connectivity index (χ1n) is 5.41. The molecule has 0 amide bonds. The molecule has 1 rings (SSSR count). The Labute approximate surface area is 107 Å². The van der Waals surface area contributed by atoms with E-state index in [1.807, 2.05) is 6.07 Å². The van der Waals surface area contributed by atoms with Crippen LogP contribution in [0.25, 0.3) is 0 Å². The van der Waals surface area contributed by atoms with Crippen LogP contribution >= 0.6 is 23.2 Å². The van der Waals surface area contributed by atoms with Crippen LogP contribution in [0.1, 0.15) is 18.9 Å². The number of nitrogens with one attached hydrogen (secondary N) is 1. The molecule has 0 unspecified atom stereocenters. The monoisotopic (exact) mass is 261 g/mol. The van der Waals surface area contributed by atoms with Crippen LogP contribution in [-0.4, -0.2) is 20.2 Å². The molecule has 0 bridgehead atoms. The lowest BCUT2D eigenvalue weighted by atomic mass is 10.1. The summed E-state index contributed by atoms with van der Waals surface area (Å²) in [5.74, 6) is 0.738. The Hall–Kier alpha value is -0.440. The topological polar surface area (TPSA) is 21.3 Å². The summed E-state index contributed by atoms with van der Waals surface area (Å²) >= 11 is 12.0. The van der Waals surface area contributed by atoms with Crippen LogP contribution in [0.4, 0.5) is 0 Å². The number of rotatable bonds is 6. The minimum atomic E-state index is 0.577. The summed E-state index contributed by atoms with van der Waals surface area (Å²) in [5.41, 5.74) is 1.07. The van der Waals surface area contributed by atoms with Gasteiger partial charge in [0.15, 0.2) is 0 Å². The smallest absolute Gasteiger partial charge is 0.140 e. The zero-order chi connectivity index (χ0) is 12.0. The number of ether oxygens (including phenoxy) is 1. The maximum Gasteiger partial charge on any atom is 0.140 e. The molecule has 2 nitrogen and oxygen atoms in total. The molecular weight excluding hydrogens is 245 g/mol. The van der Waals surface area contributed by atoms with Gasteiger partial charge in [-0.05, 0) is 43.6 Å². The molecule has 1 aromatic rings. The molecular formula is C12H17Cl2NO. The van der Waals surface area contributed by atoms with Crippen molar-refractivity contribution in [1.82, 2.24) is 5.32 Å². The number of aryl methyl sites for hydroxylation is 1. The summed E-state index contributed by atoms with van der Waals surface area (Å²) in [6, 6.07) is 3.62. The number of hydrogen-bond acceptors (Lipinski definition) is 2. The molecule has 90 valence electrons. The molecule has 0 saturated heterocycles. The third-order valence-electron chi connectivity index (χ3n) is 2.34. The van der Waals surface area contributed by atoms with E-state index >= 15 is 0 Å². The Morgan fingerprint density at radius 1 is 1.31 bits per heavy atom. The molecule has 16 heavy (non-hydrogen) atoms. The number of hydrogen-bond donors (Lipinski definition) is 1. The summed E-state index contributed by atoms with van der Waals surface area (Å²) in [5, 5.41) is 4.51. The summed E-state index contributed by atoms with van der Waals surface area (Å²) < 4.78 is 5.28. The van der Waals surface area contributed by atoms with Gasteiger partial charge in [0.05, 0.1) is 12.1 Å². The molecule has 1 N–H and O–H groups in total. The number of benzene rings is 1. The summed E-state index contributed by atoms with van der Waals surface area (Å²) in [6.45, 7) is 4.08. The zero-order valence-electron chi connectivity index (χ0n) is 9.65. The standard InChI is InChI=1S/C12H17Cl2NO/c1-3-15-6-4-5-9-7-10(13)8-11(14)12(9)16-2/h7-8,15H,3-6H2,1-2H3. The first-order valence-corrected chi connectivity index (χ1v) is 6.17. The Kier molecular flexibility index (Phi) is 5.96. The first kappa shape index (κ1) is 13.6. The third kappa shape index (κ3) is 3.85. The van der Waals surface area contributed by atoms with Crippen LogP contribution in [0.2, 0.25) is 10.0 Å². The van der Waals surface area contributed by atoms with E-state index in [0.29, 0.717) is 10.0 Å². The molecule has 0 aliphatic rings. The molecule has 4 heteroatoms. The predicted molar refractivity (Wildman–Crippen MR) is 69.9 cm³/mol. The van der Waals surface area contributed by atoms with Gasteiger partial charge in [-0.3, -0.25) is 0 Å². The fraction of sp³-hybridized carbons (Fsp3) is 0.500. The van der Waals surface area contributed by atoms with E-state index in [9.17, 15) is 0 Å². The second kappa shape index (κ2) is 7.00. The Balaban J connectivity index is 2.69. The van der Waals surface area contributed by atoms with E-state index in [1.165, 1.54) is 0 Å². The van der Waals surface area contributed by atoms with Gasteiger partial charge in [-0.25, -0.2) is 0 Å². The Bertz CT molecular complexity index is 342. The second-order valence-electron chi connectivity index (χ2n) is 3.54. The molecule has 0 fully saturated rings. The van der Waals surface area contributed by atoms with Gasteiger partial charge in [-0.2, -0.15) is 0 Å². The van der Waals surface area contributed by atoms with Crippen molar-refractivity contribution in [2.45, 2.75) is 19.8 Å². The molecule has 0 atom stereocenters. The van der Waals surface area contributed by atoms with E-state index in [1.54, 1.807) is 13.2 Å². The third-order valence-corrected chi connectivity index (χ3v) is 2.84. The highest BCUT2D eigenvalue weighted by molar-refractivity contribution is 6.35. The minimum absolute atomic E-state index is 0.577. The van der Waals surface area contributed by atoms with E-state index in [4.69, 9.17) is 27.9 Å². The average molecular weight is 262 g/mol. The quantitative estimate of drug-likeness (QED) is 0.792. The van der Waals surface area contributed by atoms with Crippen LogP contribution in [0.15, 0.2) is 12.1 Å². The Morgan fingerprint density at radius 3 is 2.69 bits per heavy atom. The molecule has 0 radical (unpaired) electrons. The summed E-state index contributed by atoms with van der Waals surface area (Å²) in [6.07, 6.45) is 1.96. The highest BCUT2D eigenvalue weighted by atomic mass is 35.5. The van der Waals surface area contributed by atoms with Crippen LogP contribution in [0.3, 0.4) is 0 Å². The lowest BCUT2D eigenvalue weighted by Gasteiger charge is -2.11. The van der Waals surface area contributed by atoms with Gasteiger partial charge in [0.1, 0.15) is 5.75 Å². The highest BCUT2D eigenvalue weighted by Crippen LogP contribution is 2.32. The van der Waals surface area contributed by atoms with Crippen molar-refractivity contribution < 1.29 is 4.74 Å². The molecule has 0 spiro atoms. The van der Waals surface area contributed by atoms with Crippen molar-refractivity contribution in [2.24, 2.45) is 0 Å². The molecule has 0 heterocycles. The average Bonchev–Trinajstić information content (AvgIpc) is 2.24. The molecule has 0 aliphatic carbocycles. The summed E-state index contributed by atoms with van der Waals surface area (Å²) in [4.78, 5) is 0. The fourth-order valence-electron chi connectivity index (χ4n) is 1.61. The lowest BCUT2D eigenvalue weighted by molar-refractivity contribution is 0.409. The first-order chi connectivity index (χ1) is 7.69. The Morgan fingerprint density at radius 2 is 2.06 bits per heavy atom.